The van der Waals surface area contributed by atoms with Crippen molar-refractivity contribution in [2.24, 2.45) is 0 Å². The van der Waals surface area contributed by atoms with E-state index in [1.54, 1.807) is 18.2 Å². The third-order valence-corrected chi connectivity index (χ3v) is 1.92. The van der Waals surface area contributed by atoms with Crippen LogP contribution in [0.15, 0.2) is 24.3 Å². The first-order valence-electron chi connectivity index (χ1n) is 5.09. The minimum absolute atomic E-state index is 0.0362. The average Bonchev–Trinajstić information content (AvgIpc) is 2.18. The van der Waals surface area contributed by atoms with Gasteiger partial charge in [0, 0.05) is 13.0 Å². The monoisotopic (exact) mass is 208 g/mol. The minimum Gasteiger partial charge on any atom is -0.508 e. The van der Waals surface area contributed by atoms with Crippen LogP contribution in [0, 0.1) is 0 Å². The lowest BCUT2D eigenvalue weighted by Gasteiger charge is -2.02. The Morgan fingerprint density at radius 2 is 2.27 bits per heavy atom. The van der Waals surface area contributed by atoms with Crippen LogP contribution in [0.5, 0.6) is 5.75 Å². The highest BCUT2D eigenvalue weighted by atomic mass is 16.5. The van der Waals surface area contributed by atoms with Crippen LogP contribution in [0.1, 0.15) is 18.9 Å². The number of Topliss-reactive ketones (excluding diaryl/α,β-unsaturated/α-hetero) is 1. The summed E-state index contributed by atoms with van der Waals surface area (Å²) in [5.41, 5.74) is 0.820. The molecular weight excluding hydrogens is 192 g/mol. The molecule has 3 heteroatoms. The highest BCUT2D eigenvalue weighted by Gasteiger charge is 2.04. The zero-order valence-electron chi connectivity index (χ0n) is 8.90. The zero-order valence-corrected chi connectivity index (χ0v) is 8.90. The van der Waals surface area contributed by atoms with E-state index in [2.05, 4.69) is 0 Å². The van der Waals surface area contributed by atoms with Gasteiger partial charge in [0.2, 0.25) is 0 Å². The van der Waals surface area contributed by atoms with Gasteiger partial charge in [0.05, 0.1) is 0 Å². The summed E-state index contributed by atoms with van der Waals surface area (Å²) < 4.78 is 5.13. The smallest absolute Gasteiger partial charge is 0.162 e. The van der Waals surface area contributed by atoms with E-state index in [4.69, 9.17) is 4.74 Å². The summed E-state index contributed by atoms with van der Waals surface area (Å²) in [7, 11) is 0. The molecule has 1 aromatic carbocycles. The number of ketones is 1. The minimum atomic E-state index is 0.0362. The van der Waals surface area contributed by atoms with Gasteiger partial charge in [0.15, 0.2) is 5.78 Å². The topological polar surface area (TPSA) is 46.5 Å². The number of benzene rings is 1. The molecular formula is C12H16O3. The summed E-state index contributed by atoms with van der Waals surface area (Å²) in [5.74, 6) is 0.226. The fraction of sp³-hybridized carbons (Fsp3) is 0.417. The second kappa shape index (κ2) is 6.19. The van der Waals surface area contributed by atoms with E-state index in [-0.39, 0.29) is 18.1 Å². The Bertz CT molecular complexity index is 320. The Kier molecular flexibility index (Phi) is 4.84. The Balaban J connectivity index is 2.37. The fourth-order valence-corrected chi connectivity index (χ4v) is 1.28. The van der Waals surface area contributed by atoms with E-state index in [1.165, 1.54) is 0 Å². The van der Waals surface area contributed by atoms with Crippen LogP contribution in [-0.2, 0) is 16.0 Å². The standard InChI is InChI=1S/C12H16O3/c1-2-6-15-9-12(14)8-10-4-3-5-11(13)7-10/h3-5,7,13H,2,6,8-9H2,1H3. The molecule has 0 saturated heterocycles. The molecule has 15 heavy (non-hydrogen) atoms. The molecule has 0 aliphatic heterocycles. The van der Waals surface area contributed by atoms with Gasteiger partial charge in [-0.05, 0) is 24.1 Å². The van der Waals surface area contributed by atoms with Gasteiger partial charge in [0.25, 0.3) is 0 Å². The summed E-state index contributed by atoms with van der Waals surface area (Å²) in [5, 5.41) is 9.20. The van der Waals surface area contributed by atoms with Gasteiger partial charge < -0.3 is 9.84 Å². The predicted octanol–water partition coefficient (Wildman–Crippen LogP) is 1.93. The van der Waals surface area contributed by atoms with Gasteiger partial charge in [0.1, 0.15) is 12.4 Å². The van der Waals surface area contributed by atoms with Gasteiger partial charge >= 0.3 is 0 Å². The number of aromatic hydroxyl groups is 1. The SMILES string of the molecule is CCCOCC(=O)Cc1cccc(O)c1. The van der Waals surface area contributed by atoms with Crippen molar-refractivity contribution in [3.8, 4) is 5.75 Å². The summed E-state index contributed by atoms with van der Waals surface area (Å²) in [6.45, 7) is 2.77. The number of rotatable bonds is 6. The molecule has 0 atom stereocenters. The molecule has 1 rings (SSSR count). The molecule has 0 spiro atoms. The molecule has 0 radical (unpaired) electrons. The third-order valence-electron chi connectivity index (χ3n) is 1.92. The number of phenols is 1. The van der Waals surface area contributed by atoms with Crippen molar-refractivity contribution in [1.82, 2.24) is 0 Å². The molecule has 0 unspecified atom stereocenters. The quantitative estimate of drug-likeness (QED) is 0.726. The number of hydrogen-bond donors (Lipinski definition) is 1. The Hall–Kier alpha value is -1.35. The maximum atomic E-state index is 11.4. The number of ether oxygens (including phenoxy) is 1. The molecule has 0 aliphatic carbocycles. The lowest BCUT2D eigenvalue weighted by molar-refractivity contribution is -0.122. The van der Waals surface area contributed by atoms with Gasteiger partial charge in [-0.15, -0.1) is 0 Å². The van der Waals surface area contributed by atoms with Crippen molar-refractivity contribution in [1.29, 1.82) is 0 Å². The van der Waals surface area contributed by atoms with Crippen LogP contribution in [0.3, 0.4) is 0 Å². The maximum Gasteiger partial charge on any atom is 0.162 e. The molecule has 0 bridgehead atoms. The molecule has 1 aromatic rings. The van der Waals surface area contributed by atoms with Crippen LogP contribution in [0.4, 0.5) is 0 Å². The van der Waals surface area contributed by atoms with Crippen molar-refractivity contribution in [3.63, 3.8) is 0 Å². The highest BCUT2D eigenvalue weighted by molar-refractivity contribution is 5.82. The van der Waals surface area contributed by atoms with Gasteiger partial charge in [-0.2, -0.15) is 0 Å². The van der Waals surface area contributed by atoms with Crippen molar-refractivity contribution in [2.75, 3.05) is 13.2 Å². The highest BCUT2D eigenvalue weighted by Crippen LogP contribution is 2.11. The van der Waals surface area contributed by atoms with Crippen molar-refractivity contribution >= 4 is 5.78 Å². The largest absolute Gasteiger partial charge is 0.508 e. The van der Waals surface area contributed by atoms with Gasteiger partial charge in [-0.3, -0.25) is 4.79 Å². The second-order valence-corrected chi connectivity index (χ2v) is 3.44. The van der Waals surface area contributed by atoms with E-state index in [1.807, 2.05) is 13.0 Å². The van der Waals surface area contributed by atoms with Crippen LogP contribution in [-0.4, -0.2) is 24.1 Å². The maximum absolute atomic E-state index is 11.4. The Morgan fingerprint density at radius 3 is 2.93 bits per heavy atom. The molecule has 0 saturated carbocycles. The molecule has 3 nitrogen and oxygen atoms in total. The van der Waals surface area contributed by atoms with Crippen LogP contribution in [0.2, 0.25) is 0 Å². The molecule has 0 aromatic heterocycles. The van der Waals surface area contributed by atoms with Gasteiger partial charge in [-0.1, -0.05) is 19.1 Å². The third kappa shape index (κ3) is 4.61. The van der Waals surface area contributed by atoms with Crippen molar-refractivity contribution in [2.45, 2.75) is 19.8 Å². The molecule has 0 aliphatic rings. The van der Waals surface area contributed by atoms with E-state index in [9.17, 15) is 9.90 Å². The lowest BCUT2D eigenvalue weighted by atomic mass is 10.1. The number of carbonyl (C=O) groups is 1. The van der Waals surface area contributed by atoms with Crippen LogP contribution >= 0.6 is 0 Å². The lowest BCUT2D eigenvalue weighted by Crippen LogP contribution is -2.11. The Labute approximate surface area is 89.7 Å². The average molecular weight is 208 g/mol. The zero-order chi connectivity index (χ0) is 11.1. The van der Waals surface area contributed by atoms with E-state index in [0.717, 1.165) is 12.0 Å². The number of hydrogen-bond acceptors (Lipinski definition) is 3. The first kappa shape index (κ1) is 11.7. The molecule has 0 fully saturated rings. The first-order chi connectivity index (χ1) is 7.22. The number of phenolic OH excluding ortho intramolecular Hbond substituents is 1. The molecule has 0 heterocycles. The predicted molar refractivity (Wildman–Crippen MR) is 57.9 cm³/mol. The first-order valence-corrected chi connectivity index (χ1v) is 5.09. The van der Waals surface area contributed by atoms with Gasteiger partial charge in [-0.25, -0.2) is 0 Å². The van der Waals surface area contributed by atoms with Crippen LogP contribution < -0.4 is 0 Å². The van der Waals surface area contributed by atoms with E-state index < -0.39 is 0 Å². The summed E-state index contributed by atoms with van der Waals surface area (Å²) in [6, 6.07) is 6.72. The normalized spacial score (nSPS) is 10.2. The molecule has 82 valence electrons. The second-order valence-electron chi connectivity index (χ2n) is 3.44. The molecule has 1 N–H and O–H groups in total. The van der Waals surface area contributed by atoms with E-state index in [0.29, 0.717) is 13.0 Å². The van der Waals surface area contributed by atoms with E-state index >= 15 is 0 Å². The summed E-state index contributed by atoms with van der Waals surface area (Å²) >= 11 is 0. The Morgan fingerprint density at radius 1 is 1.47 bits per heavy atom. The van der Waals surface area contributed by atoms with Crippen molar-refractivity contribution < 1.29 is 14.6 Å². The fourth-order valence-electron chi connectivity index (χ4n) is 1.28. The van der Waals surface area contributed by atoms with Crippen molar-refractivity contribution in [3.05, 3.63) is 29.8 Å². The summed E-state index contributed by atoms with van der Waals surface area (Å²) in [4.78, 5) is 11.4. The van der Waals surface area contributed by atoms with Crippen LogP contribution in [0.25, 0.3) is 0 Å². The molecule has 0 amide bonds. The summed E-state index contributed by atoms with van der Waals surface area (Å²) in [6.07, 6.45) is 1.23. The number of carbonyl (C=O) groups excluding carboxylic acids is 1.